The van der Waals surface area contributed by atoms with Crippen molar-refractivity contribution < 1.29 is 19.1 Å². The van der Waals surface area contributed by atoms with Gasteiger partial charge in [-0.05, 0) is 23.3 Å². The van der Waals surface area contributed by atoms with E-state index in [1.54, 1.807) is 16.0 Å². The third-order valence-corrected chi connectivity index (χ3v) is 6.09. The van der Waals surface area contributed by atoms with Crippen LogP contribution in [0.4, 0.5) is 4.79 Å². The van der Waals surface area contributed by atoms with E-state index in [1.807, 2.05) is 78.9 Å². The Morgan fingerprint density at radius 3 is 2.06 bits per heavy atom. The van der Waals surface area contributed by atoms with E-state index in [4.69, 9.17) is 4.74 Å². The Morgan fingerprint density at radius 2 is 1.42 bits per heavy atom. The lowest BCUT2D eigenvalue weighted by Gasteiger charge is -2.36. The van der Waals surface area contributed by atoms with Gasteiger partial charge < -0.3 is 19.9 Å². The summed E-state index contributed by atoms with van der Waals surface area (Å²) in [5.41, 5.74) is 2.52. The molecule has 1 saturated heterocycles. The number of nitrogens with one attached hydrogen (secondary N) is 1. The molecule has 186 valence electrons. The SMILES string of the molecule is O=C(NC(Cc1ccccc1)C(=O)N1CCN(C(=O)Cc2ccccn2)CC1)OCc1ccccc1. The summed E-state index contributed by atoms with van der Waals surface area (Å²) in [5, 5.41) is 2.76. The Bertz CT molecular complexity index is 1130. The minimum absolute atomic E-state index is 0.00995. The number of hydrogen-bond donors (Lipinski definition) is 1. The van der Waals surface area contributed by atoms with Crippen LogP contribution in [0.5, 0.6) is 0 Å². The summed E-state index contributed by atoms with van der Waals surface area (Å²) in [6, 6.07) is 23.7. The van der Waals surface area contributed by atoms with Crippen LogP contribution in [0, 0.1) is 0 Å². The lowest BCUT2D eigenvalue weighted by molar-refractivity contribution is -0.140. The number of piperazine rings is 1. The second kappa shape index (κ2) is 12.5. The molecule has 1 aliphatic heterocycles. The molecule has 2 aromatic carbocycles. The Hall–Kier alpha value is -4.20. The quantitative estimate of drug-likeness (QED) is 0.529. The smallest absolute Gasteiger partial charge is 0.408 e. The molecule has 1 aliphatic rings. The average Bonchev–Trinajstić information content (AvgIpc) is 2.93. The van der Waals surface area contributed by atoms with Gasteiger partial charge in [0.2, 0.25) is 11.8 Å². The Kier molecular flexibility index (Phi) is 8.64. The number of hydrogen-bond acceptors (Lipinski definition) is 5. The summed E-state index contributed by atoms with van der Waals surface area (Å²) in [4.78, 5) is 46.3. The van der Waals surface area contributed by atoms with Crippen molar-refractivity contribution in [1.82, 2.24) is 20.1 Å². The highest BCUT2D eigenvalue weighted by Crippen LogP contribution is 2.11. The minimum Gasteiger partial charge on any atom is -0.445 e. The first-order valence-electron chi connectivity index (χ1n) is 12.1. The molecule has 3 aromatic rings. The molecule has 0 spiro atoms. The maximum absolute atomic E-state index is 13.4. The fourth-order valence-corrected chi connectivity index (χ4v) is 4.12. The number of rotatable bonds is 8. The fourth-order valence-electron chi connectivity index (χ4n) is 4.12. The third-order valence-electron chi connectivity index (χ3n) is 6.09. The molecule has 1 unspecified atom stereocenters. The highest BCUT2D eigenvalue weighted by atomic mass is 16.5. The van der Waals surface area contributed by atoms with E-state index >= 15 is 0 Å². The third kappa shape index (κ3) is 7.15. The number of carbonyl (C=O) groups excluding carboxylic acids is 3. The van der Waals surface area contributed by atoms with Crippen molar-refractivity contribution in [2.24, 2.45) is 0 Å². The summed E-state index contributed by atoms with van der Waals surface area (Å²) in [6.45, 7) is 1.80. The minimum atomic E-state index is -0.772. The van der Waals surface area contributed by atoms with E-state index in [1.165, 1.54) is 0 Å². The molecular weight excluding hydrogens is 456 g/mol. The fraction of sp³-hybridized carbons (Fsp3) is 0.286. The molecule has 36 heavy (non-hydrogen) atoms. The first kappa shape index (κ1) is 24.9. The number of ether oxygens (including phenoxy) is 1. The molecule has 3 amide bonds. The van der Waals surface area contributed by atoms with E-state index in [0.29, 0.717) is 32.6 Å². The van der Waals surface area contributed by atoms with Crippen molar-refractivity contribution in [2.45, 2.75) is 25.5 Å². The van der Waals surface area contributed by atoms with Gasteiger partial charge in [-0.3, -0.25) is 14.6 Å². The average molecular weight is 487 g/mol. The van der Waals surface area contributed by atoms with Crippen LogP contribution in [0.25, 0.3) is 0 Å². The maximum atomic E-state index is 13.4. The summed E-state index contributed by atoms with van der Waals surface area (Å²) < 4.78 is 5.36. The number of benzene rings is 2. The van der Waals surface area contributed by atoms with Crippen LogP contribution in [0.1, 0.15) is 16.8 Å². The van der Waals surface area contributed by atoms with Crippen LogP contribution in [-0.4, -0.2) is 64.9 Å². The standard InChI is InChI=1S/C28H30N4O4/c33-26(20-24-13-7-8-14-29-24)31-15-17-32(18-16-31)27(34)25(19-22-9-3-1-4-10-22)30-28(35)36-21-23-11-5-2-6-12-23/h1-14,25H,15-21H2,(H,30,35). The molecule has 1 fully saturated rings. The van der Waals surface area contributed by atoms with E-state index in [2.05, 4.69) is 10.3 Å². The van der Waals surface area contributed by atoms with Gasteiger partial charge in [0.15, 0.2) is 0 Å². The van der Waals surface area contributed by atoms with Gasteiger partial charge in [0.25, 0.3) is 0 Å². The Labute approximate surface area is 210 Å². The first-order chi connectivity index (χ1) is 17.6. The van der Waals surface area contributed by atoms with Crippen LogP contribution >= 0.6 is 0 Å². The number of carbonyl (C=O) groups is 3. The maximum Gasteiger partial charge on any atom is 0.408 e. The largest absolute Gasteiger partial charge is 0.445 e. The molecule has 0 saturated carbocycles. The van der Waals surface area contributed by atoms with Crippen molar-refractivity contribution in [3.8, 4) is 0 Å². The van der Waals surface area contributed by atoms with Gasteiger partial charge in [0, 0.05) is 44.5 Å². The zero-order valence-corrected chi connectivity index (χ0v) is 20.1. The van der Waals surface area contributed by atoms with Gasteiger partial charge in [0.05, 0.1) is 6.42 Å². The van der Waals surface area contributed by atoms with Crippen molar-refractivity contribution >= 4 is 17.9 Å². The molecule has 0 radical (unpaired) electrons. The van der Waals surface area contributed by atoms with E-state index in [9.17, 15) is 14.4 Å². The summed E-state index contributed by atoms with van der Waals surface area (Å²) in [5.74, 6) is -0.198. The van der Waals surface area contributed by atoms with Gasteiger partial charge in [-0.15, -0.1) is 0 Å². The van der Waals surface area contributed by atoms with Crippen molar-refractivity contribution in [1.29, 1.82) is 0 Å². The predicted molar refractivity (Wildman–Crippen MR) is 135 cm³/mol. The lowest BCUT2D eigenvalue weighted by Crippen LogP contribution is -2.56. The molecule has 8 nitrogen and oxygen atoms in total. The Balaban J connectivity index is 1.34. The first-order valence-corrected chi connectivity index (χ1v) is 12.1. The van der Waals surface area contributed by atoms with E-state index in [0.717, 1.165) is 16.8 Å². The topological polar surface area (TPSA) is 91.8 Å². The second-order valence-electron chi connectivity index (χ2n) is 8.65. The molecule has 0 aliphatic carbocycles. The number of aromatic nitrogens is 1. The molecule has 2 heterocycles. The monoisotopic (exact) mass is 486 g/mol. The second-order valence-corrected chi connectivity index (χ2v) is 8.65. The lowest BCUT2D eigenvalue weighted by atomic mass is 10.0. The van der Waals surface area contributed by atoms with Crippen LogP contribution in [-0.2, 0) is 33.8 Å². The van der Waals surface area contributed by atoms with Gasteiger partial charge in [-0.2, -0.15) is 0 Å². The zero-order valence-electron chi connectivity index (χ0n) is 20.1. The molecule has 4 rings (SSSR count). The molecule has 0 bridgehead atoms. The highest BCUT2D eigenvalue weighted by molar-refractivity contribution is 5.86. The van der Waals surface area contributed by atoms with Crippen LogP contribution < -0.4 is 5.32 Å². The van der Waals surface area contributed by atoms with Crippen LogP contribution in [0.3, 0.4) is 0 Å². The number of alkyl carbamates (subject to hydrolysis) is 1. The molecule has 1 atom stereocenters. The summed E-state index contributed by atoms with van der Waals surface area (Å²) >= 11 is 0. The molecule has 1 aromatic heterocycles. The number of amides is 3. The molecule has 1 N–H and O–H groups in total. The number of pyridine rings is 1. The van der Waals surface area contributed by atoms with E-state index in [-0.39, 0.29) is 24.8 Å². The van der Waals surface area contributed by atoms with Gasteiger partial charge in [-0.1, -0.05) is 66.7 Å². The molecular formula is C28H30N4O4. The van der Waals surface area contributed by atoms with E-state index < -0.39 is 12.1 Å². The normalized spacial score (nSPS) is 14.1. The molecule has 8 heteroatoms. The van der Waals surface area contributed by atoms with Crippen molar-refractivity contribution in [2.75, 3.05) is 26.2 Å². The van der Waals surface area contributed by atoms with Crippen LogP contribution in [0.2, 0.25) is 0 Å². The van der Waals surface area contributed by atoms with Gasteiger partial charge >= 0.3 is 6.09 Å². The van der Waals surface area contributed by atoms with Gasteiger partial charge in [0.1, 0.15) is 12.6 Å². The summed E-state index contributed by atoms with van der Waals surface area (Å²) in [7, 11) is 0. The van der Waals surface area contributed by atoms with Crippen molar-refractivity contribution in [3.05, 3.63) is 102 Å². The number of nitrogens with zero attached hydrogens (tertiary/aromatic N) is 3. The van der Waals surface area contributed by atoms with Crippen LogP contribution in [0.15, 0.2) is 85.1 Å². The Morgan fingerprint density at radius 1 is 0.806 bits per heavy atom. The predicted octanol–water partition coefficient (Wildman–Crippen LogP) is 2.83. The highest BCUT2D eigenvalue weighted by Gasteiger charge is 2.30. The van der Waals surface area contributed by atoms with Crippen molar-refractivity contribution in [3.63, 3.8) is 0 Å². The zero-order chi connectivity index (χ0) is 25.2. The summed E-state index contributed by atoms with van der Waals surface area (Å²) in [6.07, 6.45) is 1.61. The van der Waals surface area contributed by atoms with Gasteiger partial charge in [-0.25, -0.2) is 4.79 Å².